The van der Waals surface area contributed by atoms with Gasteiger partial charge in [0.1, 0.15) is 5.52 Å². The van der Waals surface area contributed by atoms with Crippen LogP contribution in [0.4, 0.5) is 5.69 Å². The normalized spacial score (nSPS) is 10.6. The molecule has 0 amide bonds. The summed E-state index contributed by atoms with van der Waals surface area (Å²) in [4.78, 5) is 14.6. The minimum absolute atomic E-state index is 0.0371. The van der Waals surface area contributed by atoms with Crippen LogP contribution in [0.5, 0.6) is 11.5 Å². The lowest BCUT2D eigenvalue weighted by Gasteiger charge is -2.09. The van der Waals surface area contributed by atoms with Gasteiger partial charge < -0.3 is 13.9 Å². The predicted molar refractivity (Wildman–Crippen MR) is 79.2 cm³/mol. The van der Waals surface area contributed by atoms with E-state index in [1.807, 2.05) is 0 Å². The highest BCUT2D eigenvalue weighted by Crippen LogP contribution is 2.38. The minimum Gasteiger partial charge on any atom is -0.493 e. The highest BCUT2D eigenvalue weighted by Gasteiger charge is 2.18. The van der Waals surface area contributed by atoms with Gasteiger partial charge in [-0.3, -0.25) is 10.1 Å². The summed E-state index contributed by atoms with van der Waals surface area (Å²) in [5.41, 5.74) is 1.45. The number of hydrogen-bond donors (Lipinski definition) is 0. The third-order valence-electron chi connectivity index (χ3n) is 3.22. The van der Waals surface area contributed by atoms with Gasteiger partial charge in [-0.25, -0.2) is 4.98 Å². The van der Waals surface area contributed by atoms with Crippen molar-refractivity contribution in [3.05, 3.63) is 46.5 Å². The molecule has 22 heavy (non-hydrogen) atoms. The minimum atomic E-state index is -0.472. The fraction of sp³-hybridized carbons (Fsp3) is 0.133. The molecule has 0 radical (unpaired) electrons. The number of ether oxygens (including phenoxy) is 2. The van der Waals surface area contributed by atoms with Gasteiger partial charge in [-0.15, -0.1) is 0 Å². The molecule has 0 aliphatic heterocycles. The first-order chi connectivity index (χ1) is 10.6. The Labute approximate surface area is 125 Å². The molecule has 0 spiro atoms. The zero-order chi connectivity index (χ0) is 15.7. The lowest BCUT2D eigenvalue weighted by Crippen LogP contribution is -1.93. The first-order valence-corrected chi connectivity index (χ1v) is 6.40. The second-order valence-electron chi connectivity index (χ2n) is 4.47. The van der Waals surface area contributed by atoms with Crippen LogP contribution in [0.15, 0.2) is 40.8 Å². The average Bonchev–Trinajstić information content (AvgIpc) is 2.96. The fourth-order valence-corrected chi connectivity index (χ4v) is 2.20. The second-order valence-corrected chi connectivity index (χ2v) is 4.47. The van der Waals surface area contributed by atoms with Gasteiger partial charge in [0.25, 0.3) is 5.69 Å². The van der Waals surface area contributed by atoms with Crippen LogP contribution in [0.3, 0.4) is 0 Å². The van der Waals surface area contributed by atoms with E-state index in [2.05, 4.69) is 4.98 Å². The van der Waals surface area contributed by atoms with Crippen molar-refractivity contribution in [1.82, 2.24) is 4.98 Å². The molecule has 0 N–H and O–H groups in total. The van der Waals surface area contributed by atoms with E-state index in [1.54, 1.807) is 18.2 Å². The quantitative estimate of drug-likeness (QED) is 0.542. The third-order valence-corrected chi connectivity index (χ3v) is 3.22. The maximum atomic E-state index is 10.8. The van der Waals surface area contributed by atoms with Gasteiger partial charge in [0.2, 0.25) is 5.89 Å². The van der Waals surface area contributed by atoms with Gasteiger partial charge >= 0.3 is 0 Å². The van der Waals surface area contributed by atoms with E-state index in [-0.39, 0.29) is 5.69 Å². The third kappa shape index (κ3) is 2.22. The van der Waals surface area contributed by atoms with Crippen LogP contribution in [0.1, 0.15) is 0 Å². The summed E-state index contributed by atoms with van der Waals surface area (Å²) >= 11 is 0. The zero-order valence-electron chi connectivity index (χ0n) is 11.9. The topological polar surface area (TPSA) is 87.6 Å². The van der Waals surface area contributed by atoms with E-state index in [0.717, 1.165) is 0 Å². The van der Waals surface area contributed by atoms with E-state index in [1.165, 1.54) is 32.4 Å². The van der Waals surface area contributed by atoms with E-state index >= 15 is 0 Å². The molecule has 0 bridgehead atoms. The van der Waals surface area contributed by atoms with Crippen molar-refractivity contribution in [2.75, 3.05) is 14.2 Å². The van der Waals surface area contributed by atoms with Crippen LogP contribution in [-0.4, -0.2) is 24.1 Å². The number of rotatable bonds is 4. The largest absolute Gasteiger partial charge is 0.493 e. The Bertz CT molecular complexity index is 856. The van der Waals surface area contributed by atoms with Crippen LogP contribution in [-0.2, 0) is 0 Å². The Morgan fingerprint density at radius 3 is 2.68 bits per heavy atom. The molecule has 0 atom stereocenters. The van der Waals surface area contributed by atoms with Crippen molar-refractivity contribution in [1.29, 1.82) is 0 Å². The molecule has 3 aromatic rings. The molecule has 3 rings (SSSR count). The molecule has 2 aromatic carbocycles. The van der Waals surface area contributed by atoms with E-state index < -0.39 is 4.92 Å². The predicted octanol–water partition coefficient (Wildman–Crippen LogP) is 3.42. The number of fused-ring (bicyclic) bond motifs is 1. The summed E-state index contributed by atoms with van der Waals surface area (Å²) in [5.74, 6) is 1.35. The molecule has 0 fully saturated rings. The summed E-state index contributed by atoms with van der Waals surface area (Å²) < 4.78 is 16.2. The van der Waals surface area contributed by atoms with Crippen LogP contribution in [0.2, 0.25) is 0 Å². The molecule has 0 saturated heterocycles. The number of non-ortho nitro benzene ring substituents is 1. The number of para-hydroxylation sites is 1. The van der Waals surface area contributed by atoms with Gasteiger partial charge in [-0.05, 0) is 18.2 Å². The lowest BCUT2D eigenvalue weighted by atomic mass is 10.2. The Morgan fingerprint density at radius 1 is 1.18 bits per heavy atom. The van der Waals surface area contributed by atoms with Gasteiger partial charge in [-0.1, -0.05) is 6.07 Å². The smallest absolute Gasteiger partial charge is 0.271 e. The lowest BCUT2D eigenvalue weighted by molar-refractivity contribution is -0.384. The summed E-state index contributed by atoms with van der Waals surface area (Å²) in [6.45, 7) is 0. The highest BCUT2D eigenvalue weighted by atomic mass is 16.6. The van der Waals surface area contributed by atoms with Crippen molar-refractivity contribution in [3.8, 4) is 23.0 Å². The van der Waals surface area contributed by atoms with Crippen LogP contribution < -0.4 is 9.47 Å². The standard InChI is InChI=1S/C15H12N2O5/c1-20-13-5-3-4-10(14(13)21-2)15-16-11-8-9(17(18)19)6-7-12(11)22-15/h3-8H,1-2H3. The molecular weight excluding hydrogens is 288 g/mol. The molecule has 1 aromatic heterocycles. The molecular formula is C15H12N2O5. The van der Waals surface area contributed by atoms with Crippen LogP contribution in [0, 0.1) is 10.1 Å². The van der Waals surface area contributed by atoms with Crippen molar-refractivity contribution in [2.24, 2.45) is 0 Å². The first-order valence-electron chi connectivity index (χ1n) is 6.40. The number of benzene rings is 2. The molecule has 1 heterocycles. The number of nitro groups is 1. The highest BCUT2D eigenvalue weighted by molar-refractivity contribution is 5.80. The van der Waals surface area contributed by atoms with E-state index in [4.69, 9.17) is 13.9 Å². The van der Waals surface area contributed by atoms with E-state index in [9.17, 15) is 10.1 Å². The van der Waals surface area contributed by atoms with Gasteiger partial charge in [0.05, 0.1) is 24.7 Å². The zero-order valence-corrected chi connectivity index (χ0v) is 11.9. The summed E-state index contributed by atoms with van der Waals surface area (Å²) in [6, 6.07) is 9.59. The van der Waals surface area contributed by atoms with Gasteiger partial charge in [-0.2, -0.15) is 0 Å². The Morgan fingerprint density at radius 2 is 2.00 bits per heavy atom. The Kier molecular flexibility index (Phi) is 3.38. The number of nitro benzene ring substituents is 1. The summed E-state index contributed by atoms with van der Waals surface area (Å²) in [5, 5.41) is 10.8. The van der Waals surface area contributed by atoms with E-state index in [0.29, 0.717) is 34.1 Å². The second kappa shape index (κ2) is 5.36. The number of aromatic nitrogens is 1. The van der Waals surface area contributed by atoms with Crippen LogP contribution in [0.25, 0.3) is 22.6 Å². The molecule has 7 heteroatoms. The monoisotopic (exact) mass is 300 g/mol. The summed E-state index contributed by atoms with van der Waals surface area (Å²) in [7, 11) is 3.06. The molecule has 0 unspecified atom stereocenters. The van der Waals surface area contributed by atoms with Crippen LogP contribution >= 0.6 is 0 Å². The molecule has 7 nitrogen and oxygen atoms in total. The SMILES string of the molecule is COc1cccc(-c2nc3cc([N+](=O)[O-])ccc3o2)c1OC. The van der Waals surface area contributed by atoms with Crippen molar-refractivity contribution in [3.63, 3.8) is 0 Å². The Hall–Kier alpha value is -3.09. The summed E-state index contributed by atoms with van der Waals surface area (Å²) in [6.07, 6.45) is 0. The molecule has 0 aliphatic carbocycles. The molecule has 112 valence electrons. The Balaban J connectivity index is 2.16. The van der Waals surface area contributed by atoms with Crippen molar-refractivity contribution < 1.29 is 18.8 Å². The van der Waals surface area contributed by atoms with Crippen molar-refractivity contribution in [2.45, 2.75) is 0 Å². The fourth-order valence-electron chi connectivity index (χ4n) is 2.20. The average molecular weight is 300 g/mol. The molecule has 0 saturated carbocycles. The maximum absolute atomic E-state index is 10.8. The molecule has 0 aliphatic rings. The van der Waals surface area contributed by atoms with Crippen molar-refractivity contribution >= 4 is 16.8 Å². The number of methoxy groups -OCH3 is 2. The number of oxazole rings is 1. The maximum Gasteiger partial charge on any atom is 0.271 e. The number of nitrogens with zero attached hydrogens (tertiary/aromatic N) is 2. The number of hydrogen-bond acceptors (Lipinski definition) is 6. The van der Waals surface area contributed by atoms with Gasteiger partial charge in [0, 0.05) is 12.1 Å². The first kappa shape index (κ1) is 13.9. The van der Waals surface area contributed by atoms with Gasteiger partial charge in [0.15, 0.2) is 17.1 Å².